The second kappa shape index (κ2) is 5.99. The zero-order chi connectivity index (χ0) is 14.7. The molecule has 0 atom stereocenters. The fourth-order valence-corrected chi connectivity index (χ4v) is 2.07. The van der Waals surface area contributed by atoms with Gasteiger partial charge >= 0.3 is 0 Å². The van der Waals surface area contributed by atoms with Crippen LogP contribution in [0.1, 0.15) is 18.5 Å². The highest BCUT2D eigenvalue weighted by molar-refractivity contribution is 5.54. The lowest BCUT2D eigenvalue weighted by molar-refractivity contribution is 0.290. The average Bonchev–Trinajstić information content (AvgIpc) is 3.31. The number of rotatable bonds is 6. The zero-order valence-electron chi connectivity index (χ0n) is 12.2. The highest BCUT2D eigenvalue weighted by atomic mass is 16.5. The Morgan fingerprint density at radius 2 is 2.14 bits per heavy atom. The van der Waals surface area contributed by atoms with Crippen molar-refractivity contribution < 1.29 is 4.74 Å². The molecule has 2 aromatic rings. The van der Waals surface area contributed by atoms with Crippen molar-refractivity contribution in [2.75, 3.05) is 24.3 Å². The van der Waals surface area contributed by atoms with Crippen LogP contribution in [-0.4, -0.2) is 23.6 Å². The molecule has 2 N–H and O–H groups in total. The van der Waals surface area contributed by atoms with Crippen LogP contribution in [0.15, 0.2) is 36.5 Å². The molecule has 0 unspecified atom stereocenters. The summed E-state index contributed by atoms with van der Waals surface area (Å²) < 4.78 is 5.72. The molecule has 1 aliphatic rings. The largest absolute Gasteiger partial charge is 0.476 e. The van der Waals surface area contributed by atoms with Gasteiger partial charge in [-0.1, -0.05) is 6.07 Å². The molecule has 3 rings (SSSR count). The van der Waals surface area contributed by atoms with Gasteiger partial charge in [0.15, 0.2) is 0 Å². The Morgan fingerprint density at radius 1 is 1.29 bits per heavy atom. The quantitative estimate of drug-likeness (QED) is 0.883. The maximum Gasteiger partial charge on any atom is 0.239 e. The van der Waals surface area contributed by atoms with Crippen LogP contribution in [0, 0.1) is 5.92 Å². The Hall–Kier alpha value is -2.30. The third-order valence-electron chi connectivity index (χ3n) is 3.54. The van der Waals surface area contributed by atoms with E-state index in [1.54, 1.807) is 6.20 Å². The molecule has 2 heterocycles. The second-order valence-electron chi connectivity index (χ2n) is 5.50. The third-order valence-corrected chi connectivity index (χ3v) is 3.54. The molecule has 2 aromatic heterocycles. The van der Waals surface area contributed by atoms with Gasteiger partial charge in [0.25, 0.3) is 0 Å². The molecule has 0 aromatic carbocycles. The number of pyridine rings is 2. The summed E-state index contributed by atoms with van der Waals surface area (Å²) in [6.45, 7) is 1.41. The maximum atomic E-state index is 5.93. The Kier molecular flexibility index (Phi) is 3.90. The zero-order valence-corrected chi connectivity index (χ0v) is 12.2. The minimum atomic E-state index is 0.535. The summed E-state index contributed by atoms with van der Waals surface area (Å²) in [5.41, 5.74) is 7.52. The lowest BCUT2D eigenvalue weighted by Crippen LogP contribution is -2.19. The van der Waals surface area contributed by atoms with Crippen LogP contribution in [0.3, 0.4) is 0 Å². The molecule has 5 nitrogen and oxygen atoms in total. The van der Waals surface area contributed by atoms with Crippen molar-refractivity contribution in [2.24, 2.45) is 5.92 Å². The molecule has 110 valence electrons. The Labute approximate surface area is 124 Å². The van der Waals surface area contributed by atoms with Crippen molar-refractivity contribution in [3.63, 3.8) is 0 Å². The number of hydrogen-bond acceptors (Lipinski definition) is 5. The van der Waals surface area contributed by atoms with Crippen LogP contribution in [0.4, 0.5) is 11.5 Å². The summed E-state index contributed by atoms with van der Waals surface area (Å²) in [6.07, 6.45) is 4.29. The second-order valence-corrected chi connectivity index (χ2v) is 5.50. The molecule has 0 aliphatic heterocycles. The van der Waals surface area contributed by atoms with E-state index >= 15 is 0 Å². The first-order chi connectivity index (χ1) is 10.2. The summed E-state index contributed by atoms with van der Waals surface area (Å²) in [5.74, 6) is 2.05. The van der Waals surface area contributed by atoms with Crippen LogP contribution < -0.4 is 15.4 Å². The first-order valence-corrected chi connectivity index (χ1v) is 7.23. The molecule has 0 amide bonds. The van der Waals surface area contributed by atoms with Crippen LogP contribution in [0.25, 0.3) is 0 Å². The van der Waals surface area contributed by atoms with E-state index in [2.05, 4.69) is 9.97 Å². The third kappa shape index (κ3) is 3.62. The minimum Gasteiger partial charge on any atom is -0.476 e. The fourth-order valence-electron chi connectivity index (χ4n) is 2.07. The highest BCUT2D eigenvalue weighted by Crippen LogP contribution is 2.31. The SMILES string of the molecule is CN(Cc1ccccn1)c1ccc(N)c(OCC2CC2)n1. The standard InChI is InChI=1S/C16H20N4O/c1-20(10-13-4-2-3-9-18-13)15-8-7-14(17)16(19-15)21-11-12-5-6-12/h2-4,7-9,12H,5-6,10-11,17H2,1H3. The summed E-state index contributed by atoms with van der Waals surface area (Å²) in [5, 5.41) is 0. The lowest BCUT2D eigenvalue weighted by atomic mass is 10.3. The number of nitrogens with two attached hydrogens (primary N) is 1. The molecule has 1 fully saturated rings. The van der Waals surface area contributed by atoms with E-state index in [9.17, 15) is 0 Å². The van der Waals surface area contributed by atoms with E-state index in [4.69, 9.17) is 10.5 Å². The van der Waals surface area contributed by atoms with Crippen molar-refractivity contribution in [3.8, 4) is 5.88 Å². The van der Waals surface area contributed by atoms with Gasteiger partial charge in [0, 0.05) is 13.2 Å². The van der Waals surface area contributed by atoms with E-state index in [1.165, 1.54) is 12.8 Å². The summed E-state index contributed by atoms with van der Waals surface area (Å²) in [7, 11) is 1.98. The lowest BCUT2D eigenvalue weighted by Gasteiger charge is -2.19. The number of nitrogen functional groups attached to an aromatic ring is 1. The first kappa shape index (κ1) is 13.7. The first-order valence-electron chi connectivity index (χ1n) is 7.23. The van der Waals surface area contributed by atoms with Crippen molar-refractivity contribution in [1.82, 2.24) is 9.97 Å². The van der Waals surface area contributed by atoms with Crippen LogP contribution in [-0.2, 0) is 6.54 Å². The van der Waals surface area contributed by atoms with Crippen LogP contribution in [0.5, 0.6) is 5.88 Å². The van der Waals surface area contributed by atoms with Gasteiger partial charge in [-0.3, -0.25) is 4.98 Å². The fraction of sp³-hybridized carbons (Fsp3) is 0.375. The monoisotopic (exact) mass is 284 g/mol. The average molecular weight is 284 g/mol. The summed E-state index contributed by atoms with van der Waals surface area (Å²) in [4.78, 5) is 10.9. The highest BCUT2D eigenvalue weighted by Gasteiger charge is 2.22. The van der Waals surface area contributed by atoms with Gasteiger partial charge in [0.05, 0.1) is 24.5 Å². The minimum absolute atomic E-state index is 0.535. The summed E-state index contributed by atoms with van der Waals surface area (Å²) >= 11 is 0. The van der Waals surface area contributed by atoms with Gasteiger partial charge in [-0.05, 0) is 43.0 Å². The number of anilines is 2. The molecule has 1 aliphatic carbocycles. The van der Waals surface area contributed by atoms with Crippen molar-refractivity contribution in [1.29, 1.82) is 0 Å². The van der Waals surface area contributed by atoms with E-state index < -0.39 is 0 Å². The molecule has 0 saturated heterocycles. The molecular formula is C16H20N4O. The molecule has 1 saturated carbocycles. The molecule has 21 heavy (non-hydrogen) atoms. The van der Waals surface area contributed by atoms with Gasteiger partial charge in [0.1, 0.15) is 5.82 Å². The van der Waals surface area contributed by atoms with Gasteiger partial charge < -0.3 is 15.4 Å². The molecule has 5 heteroatoms. The van der Waals surface area contributed by atoms with Gasteiger partial charge in [-0.15, -0.1) is 0 Å². The Morgan fingerprint density at radius 3 is 2.86 bits per heavy atom. The van der Waals surface area contributed by atoms with Crippen LogP contribution in [0.2, 0.25) is 0 Å². The number of ether oxygens (including phenoxy) is 1. The van der Waals surface area contributed by atoms with E-state index in [1.807, 2.05) is 42.3 Å². The molecule has 0 bridgehead atoms. The Balaban J connectivity index is 1.69. The van der Waals surface area contributed by atoms with E-state index in [0.717, 1.165) is 11.5 Å². The summed E-state index contributed by atoms with van der Waals surface area (Å²) in [6, 6.07) is 9.64. The smallest absolute Gasteiger partial charge is 0.239 e. The van der Waals surface area contributed by atoms with Crippen molar-refractivity contribution >= 4 is 11.5 Å². The molecule has 0 radical (unpaired) electrons. The van der Waals surface area contributed by atoms with Crippen molar-refractivity contribution in [2.45, 2.75) is 19.4 Å². The Bertz CT molecular complexity index is 598. The van der Waals surface area contributed by atoms with Crippen molar-refractivity contribution in [3.05, 3.63) is 42.2 Å². The number of hydrogen-bond donors (Lipinski definition) is 1. The molecular weight excluding hydrogens is 264 g/mol. The van der Waals surface area contributed by atoms with Crippen LogP contribution >= 0.6 is 0 Å². The molecule has 0 spiro atoms. The van der Waals surface area contributed by atoms with Gasteiger partial charge in [0.2, 0.25) is 5.88 Å². The maximum absolute atomic E-state index is 5.93. The topological polar surface area (TPSA) is 64.3 Å². The predicted octanol–water partition coefficient (Wildman–Crippen LogP) is 2.48. The number of aromatic nitrogens is 2. The van der Waals surface area contributed by atoms with Gasteiger partial charge in [-0.25, -0.2) is 0 Å². The van der Waals surface area contributed by atoms with E-state index in [0.29, 0.717) is 30.6 Å². The number of nitrogens with zero attached hydrogens (tertiary/aromatic N) is 3. The normalized spacial score (nSPS) is 14.0. The van der Waals surface area contributed by atoms with E-state index in [-0.39, 0.29) is 0 Å². The predicted molar refractivity (Wildman–Crippen MR) is 83.2 cm³/mol. The van der Waals surface area contributed by atoms with Gasteiger partial charge in [-0.2, -0.15) is 4.98 Å².